The summed E-state index contributed by atoms with van der Waals surface area (Å²) in [6.45, 7) is 1.82. The summed E-state index contributed by atoms with van der Waals surface area (Å²) >= 11 is 0. The summed E-state index contributed by atoms with van der Waals surface area (Å²) in [5.74, 6) is -1.51. The van der Waals surface area contributed by atoms with E-state index in [1.165, 1.54) is 16.8 Å². The van der Waals surface area contributed by atoms with Gasteiger partial charge in [-0.3, -0.25) is 4.98 Å². The Labute approximate surface area is 118 Å². The Kier molecular flexibility index (Phi) is 3.09. The van der Waals surface area contributed by atoms with Gasteiger partial charge in [-0.1, -0.05) is 11.3 Å². The number of halogens is 1. The quantitative estimate of drug-likeness (QED) is 0.796. The van der Waals surface area contributed by atoms with Crippen LogP contribution in [0, 0.1) is 12.7 Å². The molecule has 0 unspecified atom stereocenters. The van der Waals surface area contributed by atoms with E-state index in [2.05, 4.69) is 15.3 Å². The highest BCUT2D eigenvalue weighted by atomic mass is 19.1. The first kappa shape index (κ1) is 13.2. The molecule has 0 aliphatic rings. The Hall–Kier alpha value is -2.83. The van der Waals surface area contributed by atoms with Gasteiger partial charge in [0.05, 0.1) is 17.8 Å². The van der Waals surface area contributed by atoms with Gasteiger partial charge in [-0.15, -0.1) is 5.10 Å². The van der Waals surface area contributed by atoms with Gasteiger partial charge in [-0.2, -0.15) is 0 Å². The lowest BCUT2D eigenvalue weighted by Gasteiger charge is -2.07. The molecule has 21 heavy (non-hydrogen) atoms. The van der Waals surface area contributed by atoms with Crippen molar-refractivity contribution < 1.29 is 14.3 Å². The Morgan fingerprint density at radius 2 is 2.24 bits per heavy atom. The van der Waals surface area contributed by atoms with Gasteiger partial charge in [0.1, 0.15) is 5.82 Å². The highest BCUT2D eigenvalue weighted by Gasteiger charge is 2.16. The summed E-state index contributed by atoms with van der Waals surface area (Å²) in [6, 6.07) is 6.28. The molecule has 3 aromatic rings. The molecule has 7 heteroatoms. The minimum atomic E-state index is -1.14. The fourth-order valence-corrected chi connectivity index (χ4v) is 2.22. The van der Waals surface area contributed by atoms with Crippen molar-refractivity contribution in [1.29, 1.82) is 0 Å². The van der Waals surface area contributed by atoms with Gasteiger partial charge in [0.25, 0.3) is 0 Å². The second-order valence-electron chi connectivity index (χ2n) is 4.63. The van der Waals surface area contributed by atoms with E-state index in [0.717, 1.165) is 0 Å². The molecule has 1 N–H and O–H groups in total. The maximum absolute atomic E-state index is 13.7. The Balaban J connectivity index is 2.08. The molecule has 0 aliphatic carbocycles. The second kappa shape index (κ2) is 4.93. The average molecular weight is 286 g/mol. The zero-order valence-corrected chi connectivity index (χ0v) is 11.1. The average Bonchev–Trinajstić information content (AvgIpc) is 2.80. The number of fused-ring (bicyclic) bond motifs is 1. The molecule has 106 valence electrons. The van der Waals surface area contributed by atoms with Crippen LogP contribution in [0.25, 0.3) is 10.9 Å². The van der Waals surface area contributed by atoms with Gasteiger partial charge in [0.15, 0.2) is 5.69 Å². The molecule has 6 nitrogen and oxygen atoms in total. The molecule has 0 saturated carbocycles. The van der Waals surface area contributed by atoms with Crippen molar-refractivity contribution in [3.63, 3.8) is 0 Å². The predicted octanol–water partition coefficient (Wildman–Crippen LogP) is 2.02. The van der Waals surface area contributed by atoms with Crippen LogP contribution in [-0.2, 0) is 6.54 Å². The van der Waals surface area contributed by atoms with E-state index in [4.69, 9.17) is 5.11 Å². The molecule has 0 fully saturated rings. The molecule has 0 radical (unpaired) electrons. The molecule has 2 heterocycles. The van der Waals surface area contributed by atoms with E-state index < -0.39 is 5.97 Å². The van der Waals surface area contributed by atoms with E-state index in [9.17, 15) is 9.18 Å². The number of aromatic carboxylic acids is 1. The SMILES string of the molecule is Cc1c(C(=O)O)nnn1Cc1cc(F)cc2cccnc12. The Bertz CT molecular complexity index is 844. The Morgan fingerprint density at radius 3 is 2.95 bits per heavy atom. The summed E-state index contributed by atoms with van der Waals surface area (Å²) in [7, 11) is 0. The van der Waals surface area contributed by atoms with Crippen molar-refractivity contribution in [2.45, 2.75) is 13.5 Å². The third kappa shape index (κ3) is 2.33. The number of hydrogen-bond donors (Lipinski definition) is 1. The monoisotopic (exact) mass is 286 g/mol. The molecule has 0 bridgehead atoms. The van der Waals surface area contributed by atoms with Gasteiger partial charge >= 0.3 is 5.97 Å². The summed E-state index contributed by atoms with van der Waals surface area (Å²) in [4.78, 5) is 15.2. The zero-order chi connectivity index (χ0) is 15.0. The molecular weight excluding hydrogens is 275 g/mol. The van der Waals surface area contributed by atoms with Crippen molar-refractivity contribution in [3.05, 3.63) is 53.2 Å². The number of aromatic nitrogens is 4. The van der Waals surface area contributed by atoms with Gasteiger partial charge in [-0.25, -0.2) is 13.9 Å². The van der Waals surface area contributed by atoms with Crippen LogP contribution >= 0.6 is 0 Å². The smallest absolute Gasteiger partial charge is 0.358 e. The maximum atomic E-state index is 13.7. The van der Waals surface area contributed by atoms with Crippen LogP contribution in [-0.4, -0.2) is 31.1 Å². The zero-order valence-electron chi connectivity index (χ0n) is 11.1. The predicted molar refractivity (Wildman–Crippen MR) is 72.5 cm³/mol. The van der Waals surface area contributed by atoms with E-state index in [-0.39, 0.29) is 18.1 Å². The van der Waals surface area contributed by atoms with Crippen LogP contribution in [0.3, 0.4) is 0 Å². The molecule has 0 spiro atoms. The lowest BCUT2D eigenvalue weighted by atomic mass is 10.1. The molecule has 1 aromatic carbocycles. The molecular formula is C14H11FN4O2. The molecule has 0 amide bonds. The number of carboxylic acid groups (broad SMARTS) is 1. The highest BCUT2D eigenvalue weighted by molar-refractivity contribution is 5.86. The van der Waals surface area contributed by atoms with Crippen LogP contribution in [0.2, 0.25) is 0 Å². The largest absolute Gasteiger partial charge is 0.476 e. The molecule has 0 saturated heterocycles. The van der Waals surface area contributed by atoms with E-state index in [1.54, 1.807) is 25.3 Å². The van der Waals surface area contributed by atoms with Crippen molar-refractivity contribution in [2.75, 3.05) is 0 Å². The van der Waals surface area contributed by atoms with Gasteiger partial charge < -0.3 is 5.11 Å². The van der Waals surface area contributed by atoms with Gasteiger partial charge in [0, 0.05) is 17.1 Å². The van der Waals surface area contributed by atoms with E-state index in [0.29, 0.717) is 22.2 Å². The van der Waals surface area contributed by atoms with Gasteiger partial charge in [-0.05, 0) is 25.1 Å². The minimum absolute atomic E-state index is 0.108. The lowest BCUT2D eigenvalue weighted by Crippen LogP contribution is -2.07. The maximum Gasteiger partial charge on any atom is 0.358 e. The van der Waals surface area contributed by atoms with Crippen molar-refractivity contribution in [2.24, 2.45) is 0 Å². The fourth-order valence-electron chi connectivity index (χ4n) is 2.22. The number of rotatable bonds is 3. The topological polar surface area (TPSA) is 80.9 Å². The molecule has 2 aromatic heterocycles. The van der Waals surface area contributed by atoms with Crippen LogP contribution in [0.1, 0.15) is 21.7 Å². The Morgan fingerprint density at radius 1 is 1.43 bits per heavy atom. The number of carboxylic acids is 1. The summed E-state index contributed by atoms with van der Waals surface area (Å²) in [6.07, 6.45) is 1.63. The summed E-state index contributed by atoms with van der Waals surface area (Å²) in [5, 5.41) is 17.1. The number of benzene rings is 1. The first-order valence-corrected chi connectivity index (χ1v) is 6.23. The fraction of sp³-hybridized carbons (Fsp3) is 0.143. The second-order valence-corrected chi connectivity index (χ2v) is 4.63. The van der Waals surface area contributed by atoms with Crippen LogP contribution in [0.5, 0.6) is 0 Å². The molecule has 3 rings (SSSR count). The van der Waals surface area contributed by atoms with E-state index >= 15 is 0 Å². The summed E-state index contributed by atoms with van der Waals surface area (Å²) < 4.78 is 15.1. The van der Waals surface area contributed by atoms with Crippen LogP contribution in [0.4, 0.5) is 4.39 Å². The van der Waals surface area contributed by atoms with Crippen LogP contribution < -0.4 is 0 Å². The molecule has 0 atom stereocenters. The van der Waals surface area contributed by atoms with Crippen LogP contribution in [0.15, 0.2) is 30.5 Å². The number of hydrogen-bond acceptors (Lipinski definition) is 4. The summed E-state index contributed by atoms with van der Waals surface area (Å²) in [5.41, 5.74) is 1.58. The molecule has 0 aliphatic heterocycles. The highest BCUT2D eigenvalue weighted by Crippen LogP contribution is 2.20. The first-order chi connectivity index (χ1) is 10.1. The number of pyridine rings is 1. The number of nitrogens with zero attached hydrogens (tertiary/aromatic N) is 4. The first-order valence-electron chi connectivity index (χ1n) is 6.23. The normalized spacial score (nSPS) is 11.0. The van der Waals surface area contributed by atoms with Crippen molar-refractivity contribution in [3.8, 4) is 0 Å². The van der Waals surface area contributed by atoms with Crippen molar-refractivity contribution in [1.82, 2.24) is 20.0 Å². The van der Waals surface area contributed by atoms with E-state index in [1.807, 2.05) is 0 Å². The number of carbonyl (C=O) groups is 1. The third-order valence-electron chi connectivity index (χ3n) is 3.25. The standard InChI is InChI=1S/C14H11FN4O2/c1-8-12(14(20)21)17-18-19(8)7-10-6-11(15)5-9-3-2-4-16-13(9)10/h2-6H,7H2,1H3,(H,20,21). The third-order valence-corrected chi connectivity index (χ3v) is 3.25. The minimum Gasteiger partial charge on any atom is -0.476 e. The lowest BCUT2D eigenvalue weighted by molar-refractivity contribution is 0.0689. The van der Waals surface area contributed by atoms with Gasteiger partial charge in [0.2, 0.25) is 0 Å². The van der Waals surface area contributed by atoms with Crippen molar-refractivity contribution >= 4 is 16.9 Å².